The largest absolute Gasteiger partial charge is 0.473 e. The van der Waals surface area contributed by atoms with E-state index in [1.807, 2.05) is 20.8 Å². The molecule has 0 spiro atoms. The molecule has 0 amide bonds. The van der Waals surface area contributed by atoms with E-state index in [9.17, 15) is 0 Å². The summed E-state index contributed by atoms with van der Waals surface area (Å²) in [5.41, 5.74) is 5.04. The van der Waals surface area contributed by atoms with Gasteiger partial charge in [-0.1, -0.05) is 27.7 Å². The van der Waals surface area contributed by atoms with Crippen molar-refractivity contribution in [1.29, 1.82) is 5.41 Å². The Morgan fingerprint density at radius 2 is 1.73 bits per heavy atom. The fraction of sp³-hybridized carbons (Fsp3) is 0.917. The molecule has 0 saturated heterocycles. The van der Waals surface area contributed by atoms with Gasteiger partial charge in [-0.3, -0.25) is 5.41 Å². The molecule has 3 nitrogen and oxygen atoms in total. The summed E-state index contributed by atoms with van der Waals surface area (Å²) in [7, 11) is 0. The van der Waals surface area contributed by atoms with Gasteiger partial charge in [0.25, 0.3) is 0 Å². The van der Waals surface area contributed by atoms with Crippen molar-refractivity contribution >= 4 is 5.90 Å². The van der Waals surface area contributed by atoms with Crippen molar-refractivity contribution in [1.82, 2.24) is 0 Å². The van der Waals surface area contributed by atoms with Gasteiger partial charge >= 0.3 is 0 Å². The van der Waals surface area contributed by atoms with Crippen LogP contribution in [-0.2, 0) is 4.74 Å². The number of hydrogen-bond donors (Lipinski definition) is 2. The lowest BCUT2D eigenvalue weighted by atomic mass is 9.89. The molecule has 0 rings (SSSR count). The van der Waals surface area contributed by atoms with Crippen molar-refractivity contribution in [2.24, 2.45) is 11.7 Å². The van der Waals surface area contributed by atoms with Crippen molar-refractivity contribution in [3.63, 3.8) is 0 Å². The van der Waals surface area contributed by atoms with Crippen LogP contribution < -0.4 is 5.73 Å². The first-order chi connectivity index (χ1) is 6.69. The van der Waals surface area contributed by atoms with Crippen LogP contribution in [-0.4, -0.2) is 17.0 Å². The Balaban J connectivity index is 4.65. The molecule has 0 aromatic rings. The Hall–Kier alpha value is -0.570. The fourth-order valence-corrected chi connectivity index (χ4v) is 1.11. The predicted molar refractivity (Wildman–Crippen MR) is 65.2 cm³/mol. The molecule has 90 valence electrons. The summed E-state index contributed by atoms with van der Waals surface area (Å²) in [4.78, 5) is 0. The highest BCUT2D eigenvalue weighted by Crippen LogP contribution is 2.27. The first-order valence-electron chi connectivity index (χ1n) is 5.76. The summed E-state index contributed by atoms with van der Waals surface area (Å²) >= 11 is 0. The van der Waals surface area contributed by atoms with Gasteiger partial charge in [-0.05, 0) is 32.6 Å². The van der Waals surface area contributed by atoms with E-state index in [2.05, 4.69) is 20.8 Å². The molecule has 0 aliphatic rings. The van der Waals surface area contributed by atoms with E-state index in [0.717, 1.165) is 6.42 Å². The number of nitrogens with two attached hydrogens (primary N) is 1. The Bertz CT molecular complexity index is 224. The second kappa shape index (κ2) is 4.97. The lowest BCUT2D eigenvalue weighted by molar-refractivity contribution is 0.0146. The average Bonchev–Trinajstić information content (AvgIpc) is 2.17. The molecule has 0 heterocycles. The van der Waals surface area contributed by atoms with Gasteiger partial charge in [0.2, 0.25) is 5.90 Å². The zero-order valence-corrected chi connectivity index (χ0v) is 11.0. The number of rotatable bonds is 5. The van der Waals surface area contributed by atoms with Crippen LogP contribution in [0.4, 0.5) is 0 Å². The van der Waals surface area contributed by atoms with Gasteiger partial charge < -0.3 is 10.5 Å². The van der Waals surface area contributed by atoms with E-state index in [1.54, 1.807) is 0 Å². The molecule has 0 saturated carbocycles. The Labute approximate surface area is 93.9 Å². The van der Waals surface area contributed by atoms with Crippen LogP contribution in [0.25, 0.3) is 0 Å². The molecule has 0 fully saturated rings. The van der Waals surface area contributed by atoms with Crippen molar-refractivity contribution in [3.05, 3.63) is 0 Å². The zero-order valence-electron chi connectivity index (χ0n) is 11.0. The van der Waals surface area contributed by atoms with E-state index >= 15 is 0 Å². The van der Waals surface area contributed by atoms with Crippen molar-refractivity contribution in [3.8, 4) is 0 Å². The molecule has 0 aliphatic heterocycles. The molecule has 2 atom stereocenters. The van der Waals surface area contributed by atoms with Crippen molar-refractivity contribution < 1.29 is 4.74 Å². The molecule has 3 N–H and O–H groups in total. The average molecular weight is 214 g/mol. The van der Waals surface area contributed by atoms with E-state index in [0.29, 0.717) is 12.3 Å². The van der Waals surface area contributed by atoms with Crippen LogP contribution in [0, 0.1) is 11.3 Å². The minimum absolute atomic E-state index is 0.197. The van der Waals surface area contributed by atoms with Gasteiger partial charge in [0.05, 0.1) is 5.54 Å². The minimum atomic E-state index is -0.648. The van der Waals surface area contributed by atoms with Crippen LogP contribution in [0.2, 0.25) is 0 Å². The maximum Gasteiger partial charge on any atom is 0.201 e. The Kier molecular flexibility index (Phi) is 4.78. The lowest BCUT2D eigenvalue weighted by Gasteiger charge is -2.37. The summed E-state index contributed by atoms with van der Waals surface area (Å²) < 4.78 is 5.76. The molecule has 0 radical (unpaired) electrons. The number of hydrogen-bond acceptors (Lipinski definition) is 3. The highest BCUT2D eigenvalue weighted by atomic mass is 16.5. The Morgan fingerprint density at radius 3 is 2.00 bits per heavy atom. The van der Waals surface area contributed by atoms with E-state index in [-0.39, 0.29) is 11.5 Å². The smallest absolute Gasteiger partial charge is 0.201 e. The normalized spacial score (nSPS) is 19.5. The highest BCUT2D eigenvalue weighted by molar-refractivity contribution is 5.83. The topological polar surface area (TPSA) is 59.1 Å². The van der Waals surface area contributed by atoms with Gasteiger partial charge in [-0.15, -0.1) is 0 Å². The minimum Gasteiger partial charge on any atom is -0.473 e. The van der Waals surface area contributed by atoms with Gasteiger partial charge in [-0.2, -0.15) is 0 Å². The standard InChI is InChI=1S/C12H26N2O/c1-7-11(5,14)10(13)15-12(6,8-2)9(3)4/h9,13H,7-8,14H2,1-6H3. The second-order valence-electron chi connectivity index (χ2n) is 5.02. The maximum absolute atomic E-state index is 7.90. The lowest BCUT2D eigenvalue weighted by Crippen LogP contribution is -2.49. The van der Waals surface area contributed by atoms with E-state index in [1.165, 1.54) is 0 Å². The van der Waals surface area contributed by atoms with Crippen LogP contribution >= 0.6 is 0 Å². The van der Waals surface area contributed by atoms with E-state index in [4.69, 9.17) is 15.9 Å². The van der Waals surface area contributed by atoms with Crippen LogP contribution in [0.3, 0.4) is 0 Å². The van der Waals surface area contributed by atoms with Gasteiger partial charge in [-0.25, -0.2) is 0 Å². The third-order valence-electron chi connectivity index (χ3n) is 3.51. The fourth-order valence-electron chi connectivity index (χ4n) is 1.11. The molecular weight excluding hydrogens is 188 g/mol. The molecule has 2 unspecified atom stereocenters. The first kappa shape index (κ1) is 14.4. The molecule has 15 heavy (non-hydrogen) atoms. The van der Waals surface area contributed by atoms with Crippen LogP contribution in [0.1, 0.15) is 54.4 Å². The maximum atomic E-state index is 7.90. The molecule has 0 bridgehead atoms. The van der Waals surface area contributed by atoms with Crippen LogP contribution in [0.15, 0.2) is 0 Å². The highest BCUT2D eigenvalue weighted by Gasteiger charge is 2.34. The molecule has 0 aliphatic carbocycles. The van der Waals surface area contributed by atoms with Crippen molar-refractivity contribution in [2.45, 2.75) is 65.5 Å². The summed E-state index contributed by atoms with van der Waals surface area (Å²) in [6.45, 7) is 12.1. The SMILES string of the molecule is CCC(C)(N)C(=N)OC(C)(CC)C(C)C. The molecule has 3 heteroatoms. The third kappa shape index (κ3) is 3.49. The quantitative estimate of drug-likeness (QED) is 0.546. The van der Waals surface area contributed by atoms with Crippen LogP contribution in [0.5, 0.6) is 0 Å². The summed E-state index contributed by atoms with van der Waals surface area (Å²) in [5.74, 6) is 0.568. The van der Waals surface area contributed by atoms with Gasteiger partial charge in [0.1, 0.15) is 5.60 Å². The molecular formula is C12H26N2O. The first-order valence-corrected chi connectivity index (χ1v) is 5.76. The molecule has 0 aromatic carbocycles. The second-order valence-corrected chi connectivity index (χ2v) is 5.02. The predicted octanol–water partition coefficient (Wildman–Crippen LogP) is 2.93. The zero-order chi connectivity index (χ0) is 12.3. The number of ether oxygens (including phenoxy) is 1. The van der Waals surface area contributed by atoms with Gasteiger partial charge in [0, 0.05) is 0 Å². The Morgan fingerprint density at radius 1 is 1.27 bits per heavy atom. The summed E-state index contributed by atoms with van der Waals surface area (Å²) in [6.07, 6.45) is 1.59. The monoisotopic (exact) mass is 214 g/mol. The number of nitrogens with one attached hydrogen (secondary N) is 1. The van der Waals surface area contributed by atoms with Gasteiger partial charge in [0.15, 0.2) is 0 Å². The summed E-state index contributed by atoms with van der Waals surface area (Å²) in [5, 5.41) is 7.90. The van der Waals surface area contributed by atoms with Crippen molar-refractivity contribution in [2.75, 3.05) is 0 Å². The third-order valence-corrected chi connectivity index (χ3v) is 3.51. The molecule has 0 aromatic heterocycles. The summed E-state index contributed by atoms with van der Waals surface area (Å²) in [6, 6.07) is 0. The van der Waals surface area contributed by atoms with E-state index < -0.39 is 5.54 Å².